The van der Waals surface area contributed by atoms with Gasteiger partial charge in [-0.25, -0.2) is 0 Å². The van der Waals surface area contributed by atoms with Crippen molar-refractivity contribution >= 4 is 11.6 Å². The van der Waals surface area contributed by atoms with E-state index in [4.69, 9.17) is 4.74 Å². The van der Waals surface area contributed by atoms with E-state index in [1.165, 1.54) is 12.8 Å². The van der Waals surface area contributed by atoms with E-state index < -0.39 is 5.54 Å². The average Bonchev–Trinajstić information content (AvgIpc) is 3.00. The topological polar surface area (TPSA) is 53.6 Å². The average molecular weight is 319 g/mol. The van der Waals surface area contributed by atoms with Gasteiger partial charge in [-0.05, 0) is 71.0 Å². The Labute approximate surface area is 139 Å². The van der Waals surface area contributed by atoms with Crippen LogP contribution in [0.25, 0.3) is 0 Å². The second-order valence-corrected chi connectivity index (χ2v) is 6.86. The van der Waals surface area contributed by atoms with Gasteiger partial charge in [0.1, 0.15) is 11.3 Å². The van der Waals surface area contributed by atoms with Crippen molar-refractivity contribution in [1.82, 2.24) is 10.2 Å². The molecule has 0 bridgehead atoms. The first kappa shape index (κ1) is 17.6. The number of hydrogen-bond donors (Lipinski definition) is 2. The first-order valence-corrected chi connectivity index (χ1v) is 8.36. The Morgan fingerprint density at radius 2 is 1.87 bits per heavy atom. The van der Waals surface area contributed by atoms with E-state index in [0.29, 0.717) is 0 Å². The van der Waals surface area contributed by atoms with Gasteiger partial charge in [-0.3, -0.25) is 4.79 Å². The van der Waals surface area contributed by atoms with E-state index in [0.717, 1.165) is 31.1 Å². The number of rotatable bonds is 7. The van der Waals surface area contributed by atoms with Gasteiger partial charge in [0, 0.05) is 18.3 Å². The molecule has 2 rings (SSSR count). The lowest BCUT2D eigenvalue weighted by molar-refractivity contribution is -0.125. The maximum Gasteiger partial charge on any atom is 0.245 e. The third-order valence-electron chi connectivity index (χ3n) is 4.22. The van der Waals surface area contributed by atoms with E-state index in [2.05, 4.69) is 22.5 Å². The molecule has 5 nitrogen and oxygen atoms in total. The number of carbonyl (C=O) groups is 1. The quantitative estimate of drug-likeness (QED) is 0.811. The SMILES string of the molecule is COc1ccc(NC(C)(C)C(=O)NC(C)CN2CCCC2)cc1. The zero-order valence-corrected chi connectivity index (χ0v) is 14.7. The molecular weight excluding hydrogens is 290 g/mol. The molecule has 1 aliphatic heterocycles. The predicted octanol–water partition coefficient (Wildman–Crippen LogP) is 2.49. The Balaban J connectivity index is 1.87. The van der Waals surface area contributed by atoms with Crippen LogP contribution in [0.1, 0.15) is 33.6 Å². The summed E-state index contributed by atoms with van der Waals surface area (Å²) in [6.45, 7) is 9.08. The summed E-state index contributed by atoms with van der Waals surface area (Å²) in [6, 6.07) is 7.75. The molecular formula is C18H29N3O2. The van der Waals surface area contributed by atoms with Crippen LogP contribution in [-0.2, 0) is 4.79 Å². The Morgan fingerprint density at radius 1 is 1.26 bits per heavy atom. The van der Waals surface area contributed by atoms with Crippen LogP contribution in [0, 0.1) is 0 Å². The lowest BCUT2D eigenvalue weighted by Gasteiger charge is -2.29. The predicted molar refractivity (Wildman–Crippen MR) is 94.0 cm³/mol. The number of hydrogen-bond acceptors (Lipinski definition) is 4. The van der Waals surface area contributed by atoms with Gasteiger partial charge in [-0.15, -0.1) is 0 Å². The number of nitrogens with one attached hydrogen (secondary N) is 2. The normalized spacial score (nSPS) is 16.9. The van der Waals surface area contributed by atoms with E-state index >= 15 is 0 Å². The van der Waals surface area contributed by atoms with Gasteiger partial charge in [0.2, 0.25) is 5.91 Å². The first-order chi connectivity index (χ1) is 10.9. The number of anilines is 1. The second-order valence-electron chi connectivity index (χ2n) is 6.86. The van der Waals surface area contributed by atoms with Crippen molar-refractivity contribution in [3.8, 4) is 5.75 Å². The minimum atomic E-state index is -0.673. The number of likely N-dealkylation sites (tertiary alicyclic amines) is 1. The standard InChI is InChI=1S/C18H29N3O2/c1-14(13-21-11-5-6-12-21)19-17(22)18(2,3)20-15-7-9-16(23-4)10-8-15/h7-10,14,20H,5-6,11-13H2,1-4H3,(H,19,22). The van der Waals surface area contributed by atoms with Crippen LogP contribution in [-0.4, -0.2) is 49.1 Å². The summed E-state index contributed by atoms with van der Waals surface area (Å²) in [6.07, 6.45) is 2.54. The number of carbonyl (C=O) groups excluding carboxylic acids is 1. The lowest BCUT2D eigenvalue weighted by atomic mass is 10.0. The maximum atomic E-state index is 12.6. The fourth-order valence-corrected chi connectivity index (χ4v) is 2.89. The van der Waals surface area contributed by atoms with Gasteiger partial charge in [0.15, 0.2) is 0 Å². The molecule has 23 heavy (non-hydrogen) atoms. The Bertz CT molecular complexity index is 508. The van der Waals surface area contributed by atoms with Crippen LogP contribution in [0.2, 0.25) is 0 Å². The van der Waals surface area contributed by atoms with Crippen LogP contribution < -0.4 is 15.4 Å². The molecule has 1 aromatic rings. The molecule has 1 fully saturated rings. The molecule has 0 aromatic heterocycles. The molecule has 1 aliphatic rings. The fraction of sp³-hybridized carbons (Fsp3) is 0.611. The number of ether oxygens (including phenoxy) is 1. The summed E-state index contributed by atoms with van der Waals surface area (Å²) < 4.78 is 5.15. The molecule has 5 heteroatoms. The number of methoxy groups -OCH3 is 1. The van der Waals surface area contributed by atoms with Crippen molar-refractivity contribution in [3.63, 3.8) is 0 Å². The fourth-order valence-electron chi connectivity index (χ4n) is 2.89. The molecule has 1 unspecified atom stereocenters. The molecule has 128 valence electrons. The van der Waals surface area contributed by atoms with Crippen molar-refractivity contribution in [3.05, 3.63) is 24.3 Å². The van der Waals surface area contributed by atoms with Crippen molar-refractivity contribution in [1.29, 1.82) is 0 Å². The summed E-state index contributed by atoms with van der Waals surface area (Å²) in [5.41, 5.74) is 0.228. The number of benzene rings is 1. The molecule has 1 heterocycles. The minimum absolute atomic E-state index is 0.0139. The molecule has 0 radical (unpaired) electrons. The number of amides is 1. The Morgan fingerprint density at radius 3 is 2.43 bits per heavy atom. The minimum Gasteiger partial charge on any atom is -0.497 e. The van der Waals surface area contributed by atoms with Crippen molar-refractivity contribution in [2.24, 2.45) is 0 Å². The third kappa shape index (κ3) is 5.13. The van der Waals surface area contributed by atoms with Crippen LogP contribution in [0.15, 0.2) is 24.3 Å². The molecule has 2 N–H and O–H groups in total. The van der Waals surface area contributed by atoms with Gasteiger partial charge < -0.3 is 20.3 Å². The third-order valence-corrected chi connectivity index (χ3v) is 4.22. The van der Waals surface area contributed by atoms with Crippen LogP contribution in [0.4, 0.5) is 5.69 Å². The summed E-state index contributed by atoms with van der Waals surface area (Å²) in [5, 5.41) is 6.41. The Hall–Kier alpha value is -1.75. The van der Waals surface area contributed by atoms with Crippen LogP contribution in [0.5, 0.6) is 5.75 Å². The van der Waals surface area contributed by atoms with E-state index in [1.807, 2.05) is 38.1 Å². The summed E-state index contributed by atoms with van der Waals surface area (Å²) in [5.74, 6) is 0.817. The molecule has 0 saturated carbocycles. The highest BCUT2D eigenvalue weighted by Gasteiger charge is 2.29. The second kappa shape index (κ2) is 7.68. The lowest BCUT2D eigenvalue weighted by Crippen LogP contribution is -2.52. The molecule has 0 aliphatic carbocycles. The van der Waals surface area contributed by atoms with Crippen LogP contribution >= 0.6 is 0 Å². The monoisotopic (exact) mass is 319 g/mol. The summed E-state index contributed by atoms with van der Waals surface area (Å²) in [4.78, 5) is 15.0. The smallest absolute Gasteiger partial charge is 0.245 e. The van der Waals surface area contributed by atoms with Gasteiger partial charge in [0.25, 0.3) is 0 Å². The van der Waals surface area contributed by atoms with Crippen molar-refractivity contribution in [2.75, 3.05) is 32.1 Å². The van der Waals surface area contributed by atoms with Crippen molar-refractivity contribution in [2.45, 2.75) is 45.2 Å². The molecule has 1 aromatic carbocycles. The van der Waals surface area contributed by atoms with E-state index in [9.17, 15) is 4.79 Å². The zero-order chi connectivity index (χ0) is 16.9. The maximum absolute atomic E-state index is 12.6. The van der Waals surface area contributed by atoms with Gasteiger partial charge >= 0.3 is 0 Å². The highest BCUT2D eigenvalue weighted by molar-refractivity contribution is 5.88. The van der Waals surface area contributed by atoms with E-state index in [-0.39, 0.29) is 11.9 Å². The summed E-state index contributed by atoms with van der Waals surface area (Å²) in [7, 11) is 1.64. The zero-order valence-electron chi connectivity index (χ0n) is 14.7. The highest BCUT2D eigenvalue weighted by Crippen LogP contribution is 2.19. The Kier molecular flexibility index (Phi) is 5.88. The molecule has 1 saturated heterocycles. The number of nitrogens with zero attached hydrogens (tertiary/aromatic N) is 1. The molecule has 0 spiro atoms. The highest BCUT2D eigenvalue weighted by atomic mass is 16.5. The molecule has 1 atom stereocenters. The molecule has 1 amide bonds. The van der Waals surface area contributed by atoms with Gasteiger partial charge in [-0.1, -0.05) is 0 Å². The largest absolute Gasteiger partial charge is 0.497 e. The van der Waals surface area contributed by atoms with Crippen LogP contribution in [0.3, 0.4) is 0 Å². The summed E-state index contributed by atoms with van der Waals surface area (Å²) >= 11 is 0. The van der Waals surface area contributed by atoms with Gasteiger partial charge in [-0.2, -0.15) is 0 Å². The van der Waals surface area contributed by atoms with E-state index in [1.54, 1.807) is 7.11 Å². The first-order valence-electron chi connectivity index (χ1n) is 8.36. The van der Waals surface area contributed by atoms with Gasteiger partial charge in [0.05, 0.1) is 7.11 Å². The van der Waals surface area contributed by atoms with Crippen molar-refractivity contribution < 1.29 is 9.53 Å².